The summed E-state index contributed by atoms with van der Waals surface area (Å²) in [4.78, 5) is 0. The van der Waals surface area contributed by atoms with E-state index in [4.69, 9.17) is 4.74 Å². The van der Waals surface area contributed by atoms with Crippen LogP contribution in [0.15, 0.2) is 60.7 Å². The zero-order chi connectivity index (χ0) is 27.4. The lowest BCUT2D eigenvalue weighted by molar-refractivity contribution is -0.275. The normalized spacial score (nSPS) is 11.7. The number of aryl methyl sites for hydroxylation is 3. The molecule has 0 aliphatic heterocycles. The average Bonchev–Trinajstić information content (AvgIpc) is 2.84. The van der Waals surface area contributed by atoms with E-state index in [0.717, 1.165) is 29.8 Å². The second-order valence-electron chi connectivity index (χ2n) is 8.71. The van der Waals surface area contributed by atoms with Crippen molar-refractivity contribution in [3.05, 3.63) is 106 Å². The van der Waals surface area contributed by atoms with Gasteiger partial charge in [0.15, 0.2) is 11.6 Å². The summed E-state index contributed by atoms with van der Waals surface area (Å²) >= 11 is 0. The van der Waals surface area contributed by atoms with Crippen LogP contribution in [-0.2, 0) is 25.7 Å². The Morgan fingerprint density at radius 3 is 2.00 bits per heavy atom. The Labute approximate surface area is 214 Å². The molecule has 0 aliphatic carbocycles. The van der Waals surface area contributed by atoms with E-state index < -0.39 is 35.4 Å². The van der Waals surface area contributed by atoms with Crippen LogP contribution in [0.25, 0.3) is 10.8 Å². The topological polar surface area (TPSA) is 18.5 Å². The molecule has 4 rings (SSSR count). The molecule has 0 aromatic heterocycles. The van der Waals surface area contributed by atoms with Crippen molar-refractivity contribution in [3.63, 3.8) is 0 Å². The van der Waals surface area contributed by atoms with Crippen LogP contribution in [0.4, 0.5) is 30.7 Å². The van der Waals surface area contributed by atoms with Crippen LogP contribution in [-0.4, -0.2) is 13.0 Å². The summed E-state index contributed by atoms with van der Waals surface area (Å²) in [6.07, 6.45) is -4.17. The predicted molar refractivity (Wildman–Crippen MR) is 129 cm³/mol. The molecule has 4 aromatic carbocycles. The summed E-state index contributed by atoms with van der Waals surface area (Å²) in [6, 6.07) is 13.8. The summed E-state index contributed by atoms with van der Waals surface area (Å²) in [5.41, 5.74) is 1.47. The number of rotatable bonds is 9. The van der Waals surface area contributed by atoms with E-state index in [2.05, 4.69) is 4.74 Å². The Bertz CT molecular complexity index is 1420. The van der Waals surface area contributed by atoms with E-state index in [1.165, 1.54) is 6.07 Å². The van der Waals surface area contributed by atoms with Crippen LogP contribution in [0.3, 0.4) is 0 Å². The Morgan fingerprint density at radius 1 is 0.684 bits per heavy atom. The molecule has 0 atom stereocenters. The van der Waals surface area contributed by atoms with Crippen molar-refractivity contribution in [2.75, 3.05) is 6.61 Å². The standard InChI is InChI=1S/C29H23F7O2/c1-2-37-21-15-24(30)23(25(31)16-21)11-5-17-4-10-22-20(13-17)9-8-19(28(22)33)7-3-18-6-12-27(26(32)14-18)38-29(34,35)36/h4,6,8-10,12-16H,2-3,5,7,11H2,1H3. The van der Waals surface area contributed by atoms with E-state index in [-0.39, 0.29) is 30.6 Å². The van der Waals surface area contributed by atoms with Crippen LogP contribution < -0.4 is 9.47 Å². The predicted octanol–water partition coefficient (Wildman–Crippen LogP) is 8.26. The maximum atomic E-state index is 15.2. The van der Waals surface area contributed by atoms with E-state index in [9.17, 15) is 26.3 Å². The van der Waals surface area contributed by atoms with Gasteiger partial charge in [-0.25, -0.2) is 17.6 Å². The molecular formula is C29H23F7O2. The van der Waals surface area contributed by atoms with Gasteiger partial charge in [0, 0.05) is 23.1 Å². The number of fused-ring (bicyclic) bond motifs is 1. The molecule has 0 bridgehead atoms. The van der Waals surface area contributed by atoms with Crippen molar-refractivity contribution in [2.24, 2.45) is 0 Å². The molecule has 9 heteroatoms. The lowest BCUT2D eigenvalue weighted by Crippen LogP contribution is -2.18. The van der Waals surface area contributed by atoms with Crippen LogP contribution in [0.2, 0.25) is 0 Å². The third kappa shape index (κ3) is 6.57. The highest BCUT2D eigenvalue weighted by Gasteiger charge is 2.32. The number of hydrogen-bond acceptors (Lipinski definition) is 2. The minimum absolute atomic E-state index is 0.0514. The molecule has 0 amide bonds. The smallest absolute Gasteiger partial charge is 0.494 e. The third-order valence-electron chi connectivity index (χ3n) is 6.09. The van der Waals surface area contributed by atoms with Gasteiger partial charge in [0.05, 0.1) is 6.61 Å². The molecule has 0 N–H and O–H groups in total. The molecule has 0 aliphatic rings. The second kappa shape index (κ2) is 11.3. The molecule has 200 valence electrons. The minimum atomic E-state index is -5.00. The molecule has 0 unspecified atom stereocenters. The van der Waals surface area contributed by atoms with E-state index in [1.54, 1.807) is 37.3 Å². The Balaban J connectivity index is 1.44. The summed E-state index contributed by atoms with van der Waals surface area (Å²) in [6.45, 7) is 2.01. The number of alkyl halides is 3. The van der Waals surface area contributed by atoms with Crippen LogP contribution >= 0.6 is 0 Å². The SMILES string of the molecule is CCOc1cc(F)c(CCc2ccc3c(F)c(CCc4ccc(OC(F)(F)F)c(F)c4)ccc3c2)c(F)c1. The van der Waals surface area contributed by atoms with Crippen LogP contribution in [0.1, 0.15) is 29.2 Å². The van der Waals surface area contributed by atoms with Gasteiger partial charge in [-0.05, 0) is 66.8 Å². The van der Waals surface area contributed by atoms with Gasteiger partial charge < -0.3 is 9.47 Å². The average molecular weight is 536 g/mol. The van der Waals surface area contributed by atoms with E-state index in [1.807, 2.05) is 0 Å². The van der Waals surface area contributed by atoms with Crippen molar-refractivity contribution >= 4 is 10.8 Å². The van der Waals surface area contributed by atoms with Crippen molar-refractivity contribution in [1.29, 1.82) is 0 Å². The van der Waals surface area contributed by atoms with Gasteiger partial charge in [-0.1, -0.05) is 36.4 Å². The Kier molecular flexibility index (Phi) is 8.14. The fourth-order valence-electron chi connectivity index (χ4n) is 4.26. The molecule has 2 nitrogen and oxygen atoms in total. The number of halogens is 7. The van der Waals surface area contributed by atoms with Gasteiger partial charge in [0.2, 0.25) is 0 Å². The molecular weight excluding hydrogens is 513 g/mol. The summed E-state index contributed by atoms with van der Waals surface area (Å²) in [7, 11) is 0. The molecule has 0 saturated carbocycles. The van der Waals surface area contributed by atoms with Gasteiger partial charge in [0.25, 0.3) is 0 Å². The first-order valence-corrected chi connectivity index (χ1v) is 11.9. The quantitative estimate of drug-likeness (QED) is 0.201. The Morgan fingerprint density at radius 2 is 1.34 bits per heavy atom. The Hall–Kier alpha value is -3.75. The highest BCUT2D eigenvalue weighted by Crippen LogP contribution is 2.28. The number of benzene rings is 4. The van der Waals surface area contributed by atoms with Crippen molar-refractivity contribution in [3.8, 4) is 11.5 Å². The first-order chi connectivity index (χ1) is 18.0. The monoisotopic (exact) mass is 536 g/mol. The van der Waals surface area contributed by atoms with Gasteiger partial charge in [-0.15, -0.1) is 13.2 Å². The van der Waals surface area contributed by atoms with Crippen molar-refractivity contribution < 1.29 is 40.2 Å². The van der Waals surface area contributed by atoms with Gasteiger partial charge in [0.1, 0.15) is 23.2 Å². The fourth-order valence-corrected chi connectivity index (χ4v) is 4.26. The number of ether oxygens (including phenoxy) is 2. The highest BCUT2D eigenvalue weighted by atomic mass is 19.4. The van der Waals surface area contributed by atoms with Crippen LogP contribution in [0.5, 0.6) is 11.5 Å². The lowest BCUT2D eigenvalue weighted by Gasteiger charge is -2.12. The summed E-state index contributed by atoms with van der Waals surface area (Å²) in [5.74, 6) is -3.80. The molecule has 0 heterocycles. The van der Waals surface area contributed by atoms with Gasteiger partial charge in [-0.2, -0.15) is 0 Å². The van der Waals surface area contributed by atoms with Gasteiger partial charge in [-0.3, -0.25) is 0 Å². The molecule has 0 fully saturated rings. The fraction of sp³-hybridized carbons (Fsp3) is 0.241. The molecule has 0 radical (unpaired) electrons. The van der Waals surface area contributed by atoms with Crippen molar-refractivity contribution in [1.82, 2.24) is 0 Å². The van der Waals surface area contributed by atoms with E-state index >= 15 is 4.39 Å². The minimum Gasteiger partial charge on any atom is -0.494 e. The molecule has 0 saturated heterocycles. The lowest BCUT2D eigenvalue weighted by atomic mass is 9.97. The first kappa shape index (κ1) is 27.3. The summed E-state index contributed by atoms with van der Waals surface area (Å²) < 4.78 is 104. The first-order valence-electron chi connectivity index (χ1n) is 11.9. The second-order valence-corrected chi connectivity index (χ2v) is 8.71. The number of hydrogen-bond donors (Lipinski definition) is 0. The zero-order valence-electron chi connectivity index (χ0n) is 20.3. The maximum absolute atomic E-state index is 15.2. The molecule has 0 spiro atoms. The van der Waals surface area contributed by atoms with E-state index in [0.29, 0.717) is 34.9 Å². The van der Waals surface area contributed by atoms with Crippen LogP contribution in [0, 0.1) is 23.3 Å². The van der Waals surface area contributed by atoms with Gasteiger partial charge >= 0.3 is 6.36 Å². The summed E-state index contributed by atoms with van der Waals surface area (Å²) in [5, 5.41) is 0.959. The third-order valence-corrected chi connectivity index (χ3v) is 6.09. The zero-order valence-corrected chi connectivity index (χ0v) is 20.3. The highest BCUT2D eigenvalue weighted by molar-refractivity contribution is 5.84. The maximum Gasteiger partial charge on any atom is 0.573 e. The molecule has 4 aromatic rings. The van der Waals surface area contributed by atoms with Crippen molar-refractivity contribution in [2.45, 2.75) is 39.0 Å². The largest absolute Gasteiger partial charge is 0.573 e. The molecule has 38 heavy (non-hydrogen) atoms.